The third kappa shape index (κ3) is 2.21. The third-order valence-electron chi connectivity index (χ3n) is 4.39. The second kappa shape index (κ2) is 5.38. The number of nitrogens with zero attached hydrogens (tertiary/aromatic N) is 1. The van der Waals surface area contributed by atoms with Gasteiger partial charge in [0.05, 0.1) is 11.4 Å². The van der Waals surface area contributed by atoms with Crippen LogP contribution in [0.15, 0.2) is 48.5 Å². The van der Waals surface area contributed by atoms with Gasteiger partial charge in [0.25, 0.3) is 0 Å². The molecule has 0 aliphatic rings. The molecule has 0 fully saturated rings. The van der Waals surface area contributed by atoms with Gasteiger partial charge in [-0.15, -0.1) is 0 Å². The molecule has 0 aliphatic heterocycles. The Labute approximate surface area is 132 Å². The molecular weight excluding hydrogens is 268 g/mol. The maximum atomic E-state index is 6.46. The summed E-state index contributed by atoms with van der Waals surface area (Å²) in [5, 5.41) is 0. The zero-order chi connectivity index (χ0) is 15.9. The van der Waals surface area contributed by atoms with Crippen LogP contribution in [0.5, 0.6) is 0 Å². The van der Waals surface area contributed by atoms with Crippen LogP contribution in [0.25, 0.3) is 22.5 Å². The summed E-state index contributed by atoms with van der Waals surface area (Å²) in [6, 6.07) is 17.0. The fourth-order valence-electron chi connectivity index (χ4n) is 3.29. The molecule has 1 aromatic heterocycles. The molecule has 0 unspecified atom stereocenters. The van der Waals surface area contributed by atoms with Crippen LogP contribution in [-0.2, 0) is 0 Å². The third-order valence-corrected chi connectivity index (χ3v) is 4.39. The van der Waals surface area contributed by atoms with E-state index in [1.165, 1.54) is 33.4 Å². The molecular formula is C20H22N2. The van der Waals surface area contributed by atoms with Crippen molar-refractivity contribution in [3.8, 4) is 22.5 Å². The van der Waals surface area contributed by atoms with Gasteiger partial charge in [-0.2, -0.15) is 0 Å². The van der Waals surface area contributed by atoms with Crippen molar-refractivity contribution in [3.63, 3.8) is 0 Å². The predicted molar refractivity (Wildman–Crippen MR) is 94.4 cm³/mol. The first-order valence-electron chi connectivity index (χ1n) is 7.60. The van der Waals surface area contributed by atoms with E-state index in [-0.39, 0.29) is 0 Å². The molecule has 2 N–H and O–H groups in total. The van der Waals surface area contributed by atoms with E-state index in [9.17, 15) is 0 Å². The van der Waals surface area contributed by atoms with Crippen molar-refractivity contribution in [2.45, 2.75) is 27.7 Å². The van der Waals surface area contributed by atoms with Gasteiger partial charge in [-0.3, -0.25) is 4.68 Å². The number of nitrogen functional groups attached to an aromatic ring is 1. The summed E-state index contributed by atoms with van der Waals surface area (Å²) in [5.41, 5.74) is 9.57. The van der Waals surface area contributed by atoms with Gasteiger partial charge in [-0.1, -0.05) is 36.4 Å². The van der Waals surface area contributed by atoms with E-state index >= 15 is 0 Å². The molecule has 2 aromatic carbocycles. The van der Waals surface area contributed by atoms with Crippen LogP contribution in [0, 0.1) is 27.7 Å². The average Bonchev–Trinajstić information content (AvgIpc) is 2.81. The lowest BCUT2D eigenvalue weighted by Crippen LogP contribution is -2.12. The Balaban J connectivity index is 2.23. The molecule has 3 aromatic rings. The van der Waals surface area contributed by atoms with E-state index in [1.807, 2.05) is 4.68 Å². The molecule has 0 saturated heterocycles. The summed E-state index contributed by atoms with van der Waals surface area (Å²) in [4.78, 5) is 0. The monoisotopic (exact) mass is 290 g/mol. The standard InChI is InChI=1S/C20H22N2/c1-13-7-5-8-14(2)19(13)17-11-12-18(22(17)21)20-15(3)9-6-10-16(20)4/h5-12H,21H2,1-4H3. The average molecular weight is 290 g/mol. The smallest absolute Gasteiger partial charge is 0.0702 e. The molecule has 22 heavy (non-hydrogen) atoms. The van der Waals surface area contributed by atoms with Crippen molar-refractivity contribution in [3.05, 3.63) is 70.8 Å². The Morgan fingerprint density at radius 1 is 0.591 bits per heavy atom. The lowest BCUT2D eigenvalue weighted by atomic mass is 10.0. The second-order valence-electron chi connectivity index (χ2n) is 6.01. The van der Waals surface area contributed by atoms with Gasteiger partial charge in [0.2, 0.25) is 0 Å². The van der Waals surface area contributed by atoms with Crippen molar-refractivity contribution in [2.75, 3.05) is 5.84 Å². The van der Waals surface area contributed by atoms with Crippen LogP contribution in [0.3, 0.4) is 0 Å². The highest BCUT2D eigenvalue weighted by molar-refractivity contribution is 5.76. The number of hydrogen-bond acceptors (Lipinski definition) is 1. The second-order valence-corrected chi connectivity index (χ2v) is 6.01. The number of nitrogens with two attached hydrogens (primary N) is 1. The molecule has 2 nitrogen and oxygen atoms in total. The quantitative estimate of drug-likeness (QED) is 0.677. The van der Waals surface area contributed by atoms with Crippen molar-refractivity contribution < 1.29 is 0 Å². The lowest BCUT2D eigenvalue weighted by molar-refractivity contribution is 1.03. The minimum atomic E-state index is 1.06. The minimum Gasteiger partial charge on any atom is -0.339 e. The molecule has 112 valence electrons. The largest absolute Gasteiger partial charge is 0.339 e. The summed E-state index contributed by atoms with van der Waals surface area (Å²) < 4.78 is 1.82. The van der Waals surface area contributed by atoms with E-state index in [0.717, 1.165) is 11.4 Å². The van der Waals surface area contributed by atoms with E-state index in [2.05, 4.69) is 76.2 Å². The van der Waals surface area contributed by atoms with E-state index in [4.69, 9.17) is 5.84 Å². The Kier molecular flexibility index (Phi) is 3.53. The molecule has 1 heterocycles. The van der Waals surface area contributed by atoms with Gasteiger partial charge >= 0.3 is 0 Å². The highest BCUT2D eigenvalue weighted by atomic mass is 15.3. The number of rotatable bonds is 2. The normalized spacial score (nSPS) is 10.9. The SMILES string of the molecule is Cc1cccc(C)c1-c1ccc(-c2c(C)cccc2C)n1N. The number of hydrogen-bond donors (Lipinski definition) is 1. The molecule has 0 radical (unpaired) electrons. The Morgan fingerprint density at radius 3 is 1.23 bits per heavy atom. The minimum absolute atomic E-state index is 1.06. The maximum Gasteiger partial charge on any atom is 0.0702 e. The first kappa shape index (κ1) is 14.5. The lowest BCUT2D eigenvalue weighted by Gasteiger charge is -2.14. The van der Waals surface area contributed by atoms with Gasteiger partial charge in [-0.05, 0) is 62.1 Å². The number of aryl methyl sites for hydroxylation is 4. The van der Waals surface area contributed by atoms with Crippen LogP contribution in [0.4, 0.5) is 0 Å². The highest BCUT2D eigenvalue weighted by Gasteiger charge is 2.15. The van der Waals surface area contributed by atoms with Crippen molar-refractivity contribution in [1.29, 1.82) is 0 Å². The molecule has 0 atom stereocenters. The van der Waals surface area contributed by atoms with Crippen LogP contribution < -0.4 is 5.84 Å². The zero-order valence-corrected chi connectivity index (χ0v) is 13.6. The molecule has 0 saturated carbocycles. The fraction of sp³-hybridized carbons (Fsp3) is 0.200. The Hall–Kier alpha value is -2.48. The summed E-state index contributed by atoms with van der Waals surface area (Å²) in [6.07, 6.45) is 0. The summed E-state index contributed by atoms with van der Waals surface area (Å²) in [6.45, 7) is 8.53. The van der Waals surface area contributed by atoms with Gasteiger partial charge in [-0.25, -0.2) is 0 Å². The van der Waals surface area contributed by atoms with Gasteiger partial charge in [0.15, 0.2) is 0 Å². The van der Waals surface area contributed by atoms with Crippen molar-refractivity contribution >= 4 is 0 Å². The van der Waals surface area contributed by atoms with Crippen LogP contribution in [0.2, 0.25) is 0 Å². The van der Waals surface area contributed by atoms with E-state index in [1.54, 1.807) is 0 Å². The maximum absolute atomic E-state index is 6.46. The highest BCUT2D eigenvalue weighted by Crippen LogP contribution is 2.33. The topological polar surface area (TPSA) is 30.9 Å². The van der Waals surface area contributed by atoms with Gasteiger partial charge in [0, 0.05) is 11.1 Å². The van der Waals surface area contributed by atoms with Crippen LogP contribution >= 0.6 is 0 Å². The first-order valence-corrected chi connectivity index (χ1v) is 7.60. The number of benzene rings is 2. The molecule has 3 rings (SSSR count). The van der Waals surface area contributed by atoms with Crippen LogP contribution in [-0.4, -0.2) is 4.68 Å². The van der Waals surface area contributed by atoms with Crippen molar-refractivity contribution in [1.82, 2.24) is 4.68 Å². The first-order chi connectivity index (χ1) is 10.5. The zero-order valence-electron chi connectivity index (χ0n) is 13.6. The molecule has 0 amide bonds. The van der Waals surface area contributed by atoms with Gasteiger partial charge in [0.1, 0.15) is 0 Å². The molecule has 0 aliphatic carbocycles. The molecule has 0 bridgehead atoms. The fourth-order valence-corrected chi connectivity index (χ4v) is 3.29. The van der Waals surface area contributed by atoms with Crippen LogP contribution in [0.1, 0.15) is 22.3 Å². The van der Waals surface area contributed by atoms with E-state index < -0.39 is 0 Å². The van der Waals surface area contributed by atoms with Gasteiger partial charge < -0.3 is 5.84 Å². The Bertz CT molecular complexity index is 731. The van der Waals surface area contributed by atoms with Crippen molar-refractivity contribution in [2.24, 2.45) is 0 Å². The molecule has 2 heteroatoms. The Morgan fingerprint density at radius 2 is 0.909 bits per heavy atom. The van der Waals surface area contributed by atoms with E-state index in [0.29, 0.717) is 0 Å². The summed E-state index contributed by atoms with van der Waals surface area (Å²) in [5.74, 6) is 6.46. The summed E-state index contributed by atoms with van der Waals surface area (Å²) >= 11 is 0. The molecule has 0 spiro atoms. The summed E-state index contributed by atoms with van der Waals surface area (Å²) in [7, 11) is 0. The predicted octanol–water partition coefficient (Wildman–Crippen LogP) is 4.77. The number of aromatic nitrogens is 1.